The first-order valence-electron chi connectivity index (χ1n) is 5.83. The topological polar surface area (TPSA) is 54.0 Å². The lowest BCUT2D eigenvalue weighted by atomic mass is 9.96. The van der Waals surface area contributed by atoms with Crippen LogP contribution in [0.15, 0.2) is 24.4 Å². The zero-order chi connectivity index (χ0) is 11.2. The van der Waals surface area contributed by atoms with Gasteiger partial charge in [-0.2, -0.15) is 0 Å². The van der Waals surface area contributed by atoms with E-state index in [0.717, 1.165) is 12.8 Å². The van der Waals surface area contributed by atoms with Crippen molar-refractivity contribution in [1.82, 2.24) is 10.3 Å². The van der Waals surface area contributed by atoms with Gasteiger partial charge in [0.05, 0.1) is 0 Å². The lowest BCUT2D eigenvalue weighted by Crippen LogP contribution is -2.39. The Kier molecular flexibility index (Phi) is 3.75. The third-order valence-electron chi connectivity index (χ3n) is 2.85. The largest absolute Gasteiger partial charge is 0.335 e. The number of amides is 2. The van der Waals surface area contributed by atoms with E-state index in [4.69, 9.17) is 0 Å². The van der Waals surface area contributed by atoms with Gasteiger partial charge in [-0.1, -0.05) is 25.3 Å². The quantitative estimate of drug-likeness (QED) is 0.803. The van der Waals surface area contributed by atoms with E-state index in [2.05, 4.69) is 15.6 Å². The van der Waals surface area contributed by atoms with Crippen LogP contribution in [-0.2, 0) is 0 Å². The number of urea groups is 1. The fraction of sp³-hybridized carbons (Fsp3) is 0.500. The third-order valence-corrected chi connectivity index (χ3v) is 2.85. The van der Waals surface area contributed by atoms with Crippen LogP contribution in [0.5, 0.6) is 0 Å². The number of hydrogen-bond donors (Lipinski definition) is 2. The van der Waals surface area contributed by atoms with Crippen LogP contribution >= 0.6 is 0 Å². The SMILES string of the molecule is O=C(Nc1ccccn1)NC1CCCCC1. The predicted octanol–water partition coefficient (Wildman–Crippen LogP) is 2.54. The first kappa shape index (κ1) is 10.9. The minimum Gasteiger partial charge on any atom is -0.335 e. The summed E-state index contributed by atoms with van der Waals surface area (Å²) < 4.78 is 0. The van der Waals surface area contributed by atoms with E-state index in [1.807, 2.05) is 12.1 Å². The van der Waals surface area contributed by atoms with E-state index in [1.54, 1.807) is 12.3 Å². The maximum atomic E-state index is 11.6. The Balaban J connectivity index is 1.80. The second-order valence-corrected chi connectivity index (χ2v) is 4.15. The zero-order valence-corrected chi connectivity index (χ0v) is 9.28. The minimum absolute atomic E-state index is 0.148. The number of pyridine rings is 1. The summed E-state index contributed by atoms with van der Waals surface area (Å²) in [6.07, 6.45) is 7.57. The molecule has 1 fully saturated rings. The van der Waals surface area contributed by atoms with E-state index >= 15 is 0 Å². The first-order chi connectivity index (χ1) is 7.84. The summed E-state index contributed by atoms with van der Waals surface area (Å²) in [6.45, 7) is 0. The monoisotopic (exact) mass is 219 g/mol. The van der Waals surface area contributed by atoms with Crippen molar-refractivity contribution in [3.63, 3.8) is 0 Å². The van der Waals surface area contributed by atoms with Gasteiger partial charge < -0.3 is 5.32 Å². The van der Waals surface area contributed by atoms with Crippen LogP contribution in [0.3, 0.4) is 0 Å². The van der Waals surface area contributed by atoms with Crippen molar-refractivity contribution >= 4 is 11.8 Å². The molecule has 4 nitrogen and oxygen atoms in total. The van der Waals surface area contributed by atoms with Gasteiger partial charge in [0.15, 0.2) is 0 Å². The van der Waals surface area contributed by atoms with Crippen molar-refractivity contribution in [2.45, 2.75) is 38.1 Å². The average Bonchev–Trinajstić information content (AvgIpc) is 2.31. The number of nitrogens with one attached hydrogen (secondary N) is 2. The van der Waals surface area contributed by atoms with Crippen LogP contribution in [0.2, 0.25) is 0 Å². The molecule has 1 aromatic rings. The van der Waals surface area contributed by atoms with Gasteiger partial charge in [0.25, 0.3) is 0 Å². The van der Waals surface area contributed by atoms with Gasteiger partial charge in [-0.3, -0.25) is 5.32 Å². The zero-order valence-electron chi connectivity index (χ0n) is 9.28. The van der Waals surface area contributed by atoms with Gasteiger partial charge in [0.1, 0.15) is 5.82 Å². The standard InChI is InChI=1S/C12H17N3O/c16-12(14-10-6-2-1-3-7-10)15-11-8-4-5-9-13-11/h4-5,8-10H,1-3,6-7H2,(H2,13,14,15,16). The molecule has 0 aliphatic heterocycles. The molecule has 1 saturated carbocycles. The summed E-state index contributed by atoms with van der Waals surface area (Å²) >= 11 is 0. The van der Waals surface area contributed by atoms with Crippen molar-refractivity contribution in [2.75, 3.05) is 5.32 Å². The summed E-state index contributed by atoms with van der Waals surface area (Å²) in [5.41, 5.74) is 0. The third kappa shape index (κ3) is 3.22. The van der Waals surface area contributed by atoms with Gasteiger partial charge in [0.2, 0.25) is 0 Å². The predicted molar refractivity (Wildman–Crippen MR) is 63.3 cm³/mol. The molecule has 86 valence electrons. The van der Waals surface area contributed by atoms with Gasteiger partial charge in [0, 0.05) is 12.2 Å². The molecule has 1 heterocycles. The van der Waals surface area contributed by atoms with E-state index in [1.165, 1.54) is 19.3 Å². The smallest absolute Gasteiger partial charge is 0.320 e. The molecule has 0 atom stereocenters. The van der Waals surface area contributed by atoms with Gasteiger partial charge >= 0.3 is 6.03 Å². The van der Waals surface area contributed by atoms with Crippen molar-refractivity contribution < 1.29 is 4.79 Å². The highest BCUT2D eigenvalue weighted by molar-refractivity contribution is 5.88. The second kappa shape index (κ2) is 5.49. The number of nitrogens with zero attached hydrogens (tertiary/aromatic N) is 1. The molecule has 0 unspecified atom stereocenters. The van der Waals surface area contributed by atoms with Crippen LogP contribution < -0.4 is 10.6 Å². The van der Waals surface area contributed by atoms with Crippen LogP contribution in [0, 0.1) is 0 Å². The van der Waals surface area contributed by atoms with Gasteiger partial charge in [-0.15, -0.1) is 0 Å². The van der Waals surface area contributed by atoms with E-state index < -0.39 is 0 Å². The number of aromatic nitrogens is 1. The fourth-order valence-electron chi connectivity index (χ4n) is 2.02. The van der Waals surface area contributed by atoms with Crippen molar-refractivity contribution in [1.29, 1.82) is 0 Å². The van der Waals surface area contributed by atoms with E-state index in [9.17, 15) is 4.79 Å². The summed E-state index contributed by atoms with van der Waals surface area (Å²) in [4.78, 5) is 15.7. The Morgan fingerprint density at radius 3 is 2.75 bits per heavy atom. The fourth-order valence-corrected chi connectivity index (χ4v) is 2.02. The van der Waals surface area contributed by atoms with E-state index in [0.29, 0.717) is 11.9 Å². The molecule has 1 aromatic heterocycles. The highest BCUT2D eigenvalue weighted by Gasteiger charge is 2.15. The molecule has 2 rings (SSSR count). The molecule has 0 bridgehead atoms. The number of carbonyl (C=O) groups is 1. The minimum atomic E-state index is -0.148. The molecule has 2 amide bonds. The van der Waals surface area contributed by atoms with Crippen molar-refractivity contribution in [3.05, 3.63) is 24.4 Å². The van der Waals surface area contributed by atoms with Crippen LogP contribution in [0.25, 0.3) is 0 Å². The highest BCUT2D eigenvalue weighted by Crippen LogP contribution is 2.17. The van der Waals surface area contributed by atoms with Crippen molar-refractivity contribution in [3.8, 4) is 0 Å². The van der Waals surface area contributed by atoms with Crippen LogP contribution in [0.1, 0.15) is 32.1 Å². The normalized spacial score (nSPS) is 16.8. The summed E-state index contributed by atoms with van der Waals surface area (Å²) in [5, 5.41) is 5.71. The number of hydrogen-bond acceptors (Lipinski definition) is 2. The van der Waals surface area contributed by atoms with Crippen LogP contribution in [-0.4, -0.2) is 17.1 Å². The molecule has 1 aliphatic carbocycles. The average molecular weight is 219 g/mol. The first-order valence-corrected chi connectivity index (χ1v) is 5.83. The Morgan fingerprint density at radius 1 is 1.25 bits per heavy atom. The molecular formula is C12H17N3O. The molecule has 16 heavy (non-hydrogen) atoms. The second-order valence-electron chi connectivity index (χ2n) is 4.15. The summed E-state index contributed by atoms with van der Waals surface area (Å²) in [6, 6.07) is 5.64. The Labute approximate surface area is 95.5 Å². The molecule has 0 radical (unpaired) electrons. The molecular weight excluding hydrogens is 202 g/mol. The summed E-state index contributed by atoms with van der Waals surface area (Å²) in [7, 11) is 0. The molecule has 0 saturated heterocycles. The molecule has 1 aliphatic rings. The van der Waals surface area contributed by atoms with E-state index in [-0.39, 0.29) is 6.03 Å². The lowest BCUT2D eigenvalue weighted by Gasteiger charge is -2.22. The Hall–Kier alpha value is -1.58. The van der Waals surface area contributed by atoms with Gasteiger partial charge in [-0.05, 0) is 25.0 Å². The Bertz CT molecular complexity index is 333. The lowest BCUT2D eigenvalue weighted by molar-refractivity contribution is 0.244. The van der Waals surface area contributed by atoms with Gasteiger partial charge in [-0.25, -0.2) is 9.78 Å². The molecule has 4 heteroatoms. The van der Waals surface area contributed by atoms with Crippen LogP contribution in [0.4, 0.5) is 10.6 Å². The molecule has 0 aromatic carbocycles. The maximum absolute atomic E-state index is 11.6. The van der Waals surface area contributed by atoms with Crippen molar-refractivity contribution in [2.24, 2.45) is 0 Å². The number of carbonyl (C=O) groups excluding carboxylic acids is 1. The molecule has 2 N–H and O–H groups in total. The Morgan fingerprint density at radius 2 is 2.06 bits per heavy atom. The number of anilines is 1. The number of rotatable bonds is 2. The summed E-state index contributed by atoms with van der Waals surface area (Å²) in [5.74, 6) is 0.593. The highest BCUT2D eigenvalue weighted by atomic mass is 16.2. The maximum Gasteiger partial charge on any atom is 0.320 e. The molecule has 0 spiro atoms.